The lowest BCUT2D eigenvalue weighted by molar-refractivity contribution is -0.193. The van der Waals surface area contributed by atoms with Crippen molar-refractivity contribution in [3.8, 4) is 22.6 Å². The van der Waals surface area contributed by atoms with Gasteiger partial charge in [0.15, 0.2) is 0 Å². The van der Waals surface area contributed by atoms with E-state index in [1.165, 1.54) is 6.07 Å². The third-order valence-electron chi connectivity index (χ3n) is 5.42. The number of aliphatic carboxylic acids is 2. The Morgan fingerprint density at radius 1 is 1.00 bits per heavy atom. The smallest absolute Gasteiger partial charge is 0.490 e. The van der Waals surface area contributed by atoms with E-state index in [-0.39, 0.29) is 12.3 Å². The van der Waals surface area contributed by atoms with E-state index < -0.39 is 30.1 Å². The molecule has 0 fully saturated rings. The highest BCUT2D eigenvalue weighted by Gasteiger charge is 2.38. The SMILES string of the molecule is COc1cccc(CCC(=O)Nc2cc(F)c(-c3cn[nH]c3)cc2OCCCN(C)C)c1.O=C(O)C(F)(F)F.O=C(O)C(F)(F)F. The van der Waals surface area contributed by atoms with Gasteiger partial charge in [0.05, 0.1) is 25.6 Å². The molecule has 254 valence electrons. The van der Waals surface area contributed by atoms with E-state index in [9.17, 15) is 35.5 Å². The van der Waals surface area contributed by atoms with E-state index in [0.717, 1.165) is 24.3 Å². The molecule has 11 nitrogen and oxygen atoms in total. The third kappa shape index (κ3) is 14.7. The van der Waals surface area contributed by atoms with Gasteiger partial charge in [-0.05, 0) is 50.7 Å². The Bertz CT molecular complexity index is 1390. The Hall–Kier alpha value is -4.87. The number of alkyl halides is 6. The second-order valence-corrected chi connectivity index (χ2v) is 9.33. The van der Waals surface area contributed by atoms with Gasteiger partial charge in [-0.2, -0.15) is 31.4 Å². The fourth-order valence-corrected chi connectivity index (χ4v) is 3.25. The first-order chi connectivity index (χ1) is 21.3. The molecule has 3 rings (SSSR count). The van der Waals surface area contributed by atoms with Gasteiger partial charge in [-0.1, -0.05) is 12.1 Å². The molecule has 46 heavy (non-hydrogen) atoms. The van der Waals surface area contributed by atoms with Crippen LogP contribution in [0.1, 0.15) is 18.4 Å². The summed E-state index contributed by atoms with van der Waals surface area (Å²) in [7, 11) is 5.58. The maximum Gasteiger partial charge on any atom is 0.490 e. The van der Waals surface area contributed by atoms with E-state index in [0.29, 0.717) is 35.6 Å². The second kappa shape index (κ2) is 18.2. The predicted molar refractivity (Wildman–Crippen MR) is 150 cm³/mol. The van der Waals surface area contributed by atoms with Crippen molar-refractivity contribution in [3.05, 3.63) is 60.2 Å². The zero-order chi connectivity index (χ0) is 35.1. The number of nitrogens with one attached hydrogen (secondary N) is 2. The Balaban J connectivity index is 0.000000629. The number of rotatable bonds is 11. The summed E-state index contributed by atoms with van der Waals surface area (Å²) in [6.45, 7) is 1.30. The molecule has 0 unspecified atom stereocenters. The molecule has 0 aliphatic heterocycles. The number of carboxylic acids is 2. The van der Waals surface area contributed by atoms with Gasteiger partial charge in [0.1, 0.15) is 17.3 Å². The Labute approximate surface area is 257 Å². The molecule has 0 saturated carbocycles. The molecule has 0 bridgehead atoms. The minimum atomic E-state index is -5.08. The van der Waals surface area contributed by atoms with E-state index in [1.54, 1.807) is 25.6 Å². The lowest BCUT2D eigenvalue weighted by Crippen LogP contribution is -2.21. The molecule has 0 aliphatic carbocycles. The lowest BCUT2D eigenvalue weighted by atomic mass is 10.1. The van der Waals surface area contributed by atoms with Gasteiger partial charge in [-0.3, -0.25) is 9.89 Å². The average Bonchev–Trinajstić information content (AvgIpc) is 3.49. The number of halogens is 7. The summed E-state index contributed by atoms with van der Waals surface area (Å²) in [6, 6.07) is 10.5. The van der Waals surface area contributed by atoms with E-state index in [1.807, 2.05) is 38.4 Å². The van der Waals surface area contributed by atoms with Crippen molar-refractivity contribution in [3.63, 3.8) is 0 Å². The van der Waals surface area contributed by atoms with Crippen LogP contribution in [0.2, 0.25) is 0 Å². The van der Waals surface area contributed by atoms with Crippen molar-refractivity contribution in [2.45, 2.75) is 31.6 Å². The van der Waals surface area contributed by atoms with Gasteiger partial charge in [-0.15, -0.1) is 0 Å². The highest BCUT2D eigenvalue weighted by atomic mass is 19.4. The van der Waals surface area contributed by atoms with Crippen LogP contribution < -0.4 is 14.8 Å². The summed E-state index contributed by atoms with van der Waals surface area (Å²) in [6.07, 6.45) is -5.42. The molecule has 0 saturated heterocycles. The highest BCUT2D eigenvalue weighted by molar-refractivity contribution is 5.93. The number of carbonyl (C=O) groups excluding carboxylic acids is 1. The first-order valence-electron chi connectivity index (χ1n) is 13.0. The second-order valence-electron chi connectivity index (χ2n) is 9.33. The number of aromatic nitrogens is 2. The van der Waals surface area contributed by atoms with E-state index in [2.05, 4.69) is 20.4 Å². The quantitative estimate of drug-likeness (QED) is 0.156. The number of hydrogen-bond acceptors (Lipinski definition) is 7. The zero-order valence-electron chi connectivity index (χ0n) is 24.6. The van der Waals surface area contributed by atoms with Crippen LogP contribution in [0, 0.1) is 5.82 Å². The number of nitrogens with zero attached hydrogens (tertiary/aromatic N) is 2. The minimum absolute atomic E-state index is 0.221. The minimum Gasteiger partial charge on any atom is -0.497 e. The van der Waals surface area contributed by atoms with Gasteiger partial charge < -0.3 is 29.9 Å². The van der Waals surface area contributed by atoms with Crippen LogP contribution in [0.3, 0.4) is 0 Å². The summed E-state index contributed by atoms with van der Waals surface area (Å²) >= 11 is 0. The molecule has 18 heteroatoms. The van der Waals surface area contributed by atoms with Crippen molar-refractivity contribution >= 4 is 23.5 Å². The average molecular weight is 669 g/mol. The van der Waals surface area contributed by atoms with Gasteiger partial charge in [0.2, 0.25) is 5.91 Å². The number of benzene rings is 2. The van der Waals surface area contributed by atoms with Crippen LogP contribution in [0.15, 0.2) is 48.8 Å². The highest BCUT2D eigenvalue weighted by Crippen LogP contribution is 2.34. The molecule has 0 aliphatic rings. The number of anilines is 1. The van der Waals surface area contributed by atoms with Crippen molar-refractivity contribution in [2.75, 3.05) is 39.7 Å². The van der Waals surface area contributed by atoms with Crippen LogP contribution in [0.5, 0.6) is 11.5 Å². The van der Waals surface area contributed by atoms with Crippen LogP contribution in [0.25, 0.3) is 11.1 Å². The fraction of sp³-hybridized carbons (Fsp3) is 0.357. The molecule has 0 radical (unpaired) electrons. The largest absolute Gasteiger partial charge is 0.497 e. The van der Waals surface area contributed by atoms with E-state index in [4.69, 9.17) is 29.3 Å². The number of H-pyrrole nitrogens is 1. The first-order valence-corrected chi connectivity index (χ1v) is 13.0. The van der Waals surface area contributed by atoms with E-state index >= 15 is 0 Å². The zero-order valence-corrected chi connectivity index (χ0v) is 24.6. The maximum atomic E-state index is 14.8. The summed E-state index contributed by atoms with van der Waals surface area (Å²) < 4.78 is 89.4. The molecular formula is C28H31F7N4O7. The van der Waals surface area contributed by atoms with Crippen molar-refractivity contribution < 1.29 is 64.8 Å². The molecule has 0 atom stereocenters. The molecule has 3 aromatic rings. The molecule has 1 amide bonds. The Morgan fingerprint density at radius 3 is 2.11 bits per heavy atom. The van der Waals surface area contributed by atoms with Crippen LogP contribution in [-0.4, -0.2) is 89.9 Å². The fourth-order valence-electron chi connectivity index (χ4n) is 3.25. The predicted octanol–water partition coefficient (Wildman–Crippen LogP) is 5.39. The topological polar surface area (TPSA) is 154 Å². The van der Waals surface area contributed by atoms with Crippen molar-refractivity contribution in [1.82, 2.24) is 15.1 Å². The number of carbonyl (C=O) groups is 3. The molecule has 4 N–H and O–H groups in total. The third-order valence-corrected chi connectivity index (χ3v) is 5.42. The number of aromatic amines is 1. The standard InChI is InChI=1S/C24H29FN4O3.2C2HF3O2/c1-29(2)10-5-11-32-23-13-20(18-15-26-27-16-18)21(25)14-22(23)28-24(30)9-8-17-6-4-7-19(12-17)31-3;2*3-2(4,5)1(6)7/h4,6-7,12-16H,5,8-11H2,1-3H3,(H,26,27)(H,28,30);2*(H,6,7). The number of amides is 1. The van der Waals surface area contributed by atoms with Gasteiger partial charge in [0, 0.05) is 36.4 Å². The van der Waals surface area contributed by atoms with Gasteiger partial charge in [0.25, 0.3) is 0 Å². The summed E-state index contributed by atoms with van der Waals surface area (Å²) in [5.41, 5.74) is 2.27. The first kappa shape index (κ1) is 39.2. The van der Waals surface area contributed by atoms with Gasteiger partial charge in [-0.25, -0.2) is 14.0 Å². The Kier molecular flexibility index (Phi) is 15.5. The number of aryl methyl sites for hydroxylation is 1. The summed E-state index contributed by atoms with van der Waals surface area (Å²) in [5.74, 6) is -5.03. The number of carboxylic acid groups (broad SMARTS) is 2. The summed E-state index contributed by atoms with van der Waals surface area (Å²) in [4.78, 5) is 32.4. The number of methoxy groups -OCH3 is 1. The molecular weight excluding hydrogens is 637 g/mol. The molecule has 1 heterocycles. The van der Waals surface area contributed by atoms with Crippen molar-refractivity contribution in [2.24, 2.45) is 0 Å². The maximum absolute atomic E-state index is 14.8. The lowest BCUT2D eigenvalue weighted by Gasteiger charge is -2.16. The number of hydrogen-bond donors (Lipinski definition) is 4. The Morgan fingerprint density at radius 2 is 1.61 bits per heavy atom. The van der Waals surface area contributed by atoms with Crippen LogP contribution >= 0.6 is 0 Å². The normalized spacial score (nSPS) is 11.0. The molecule has 0 spiro atoms. The van der Waals surface area contributed by atoms with Crippen LogP contribution in [0.4, 0.5) is 36.4 Å². The van der Waals surface area contributed by atoms with Crippen molar-refractivity contribution in [1.29, 1.82) is 0 Å². The molecule has 1 aromatic heterocycles. The van der Waals surface area contributed by atoms with Gasteiger partial charge >= 0.3 is 24.3 Å². The monoisotopic (exact) mass is 668 g/mol. The summed E-state index contributed by atoms with van der Waals surface area (Å²) in [5, 5.41) is 23.6. The molecule has 2 aromatic carbocycles. The van der Waals surface area contributed by atoms with Crippen LogP contribution in [-0.2, 0) is 20.8 Å². The number of ether oxygens (including phenoxy) is 2.